The van der Waals surface area contributed by atoms with Crippen LogP contribution in [0.5, 0.6) is 5.75 Å². The topological polar surface area (TPSA) is 46.5 Å². The van der Waals surface area contributed by atoms with Crippen LogP contribution in [0.1, 0.15) is 22.3 Å². The number of carboxylic acid groups (broad SMARTS) is 1. The second-order valence-electron chi connectivity index (χ2n) is 5.92. The van der Waals surface area contributed by atoms with Gasteiger partial charge in [0.25, 0.3) is 0 Å². The van der Waals surface area contributed by atoms with Crippen LogP contribution in [0.2, 0.25) is 0 Å². The zero-order chi connectivity index (χ0) is 18.2. The Balaban J connectivity index is 2.02. The van der Waals surface area contributed by atoms with E-state index in [2.05, 4.69) is 0 Å². The van der Waals surface area contributed by atoms with Crippen molar-refractivity contribution in [1.82, 2.24) is 0 Å². The second-order valence-corrected chi connectivity index (χ2v) is 5.92. The van der Waals surface area contributed by atoms with Gasteiger partial charge in [-0.2, -0.15) is 13.2 Å². The molecule has 1 N–H and O–H groups in total. The Kier molecular flexibility index (Phi) is 4.29. The van der Waals surface area contributed by atoms with Gasteiger partial charge in [0.15, 0.2) is 0 Å². The van der Waals surface area contributed by atoms with E-state index in [4.69, 9.17) is 9.84 Å². The summed E-state index contributed by atoms with van der Waals surface area (Å²) < 4.78 is 44.5. The quantitative estimate of drug-likeness (QED) is 0.896. The van der Waals surface area contributed by atoms with Crippen molar-refractivity contribution in [3.8, 4) is 5.75 Å². The van der Waals surface area contributed by atoms with Crippen molar-refractivity contribution < 1.29 is 27.8 Å². The van der Waals surface area contributed by atoms with Gasteiger partial charge in [0.05, 0.1) is 5.57 Å². The van der Waals surface area contributed by atoms with E-state index in [1.54, 1.807) is 12.1 Å². The van der Waals surface area contributed by atoms with Gasteiger partial charge in [-0.3, -0.25) is 0 Å². The van der Waals surface area contributed by atoms with Crippen molar-refractivity contribution in [1.29, 1.82) is 0 Å². The average molecular weight is 348 g/mol. The molecule has 0 spiro atoms. The van der Waals surface area contributed by atoms with E-state index in [1.807, 2.05) is 37.3 Å². The van der Waals surface area contributed by atoms with Gasteiger partial charge < -0.3 is 9.84 Å². The van der Waals surface area contributed by atoms with Crippen LogP contribution < -0.4 is 4.74 Å². The van der Waals surface area contributed by atoms with E-state index < -0.39 is 23.8 Å². The van der Waals surface area contributed by atoms with E-state index in [1.165, 1.54) is 0 Å². The molecule has 1 aliphatic heterocycles. The maximum Gasteiger partial charge on any atom is 0.430 e. The van der Waals surface area contributed by atoms with Crippen LogP contribution in [-0.2, 0) is 11.2 Å². The molecule has 0 saturated heterocycles. The number of alkyl halides is 3. The first-order valence-corrected chi connectivity index (χ1v) is 7.61. The third kappa shape index (κ3) is 3.52. The van der Waals surface area contributed by atoms with Crippen LogP contribution in [-0.4, -0.2) is 23.4 Å². The molecule has 1 aliphatic rings. The molecule has 0 radical (unpaired) electrons. The summed E-state index contributed by atoms with van der Waals surface area (Å²) in [5.74, 6) is -1.59. The van der Waals surface area contributed by atoms with Gasteiger partial charge in [0.1, 0.15) is 5.75 Å². The first kappa shape index (κ1) is 17.1. The summed E-state index contributed by atoms with van der Waals surface area (Å²) >= 11 is 0. The number of rotatable bonds is 3. The highest BCUT2D eigenvalue weighted by molar-refractivity contribution is 5.95. The number of carbonyl (C=O) groups is 1. The molecule has 2 aromatic carbocycles. The van der Waals surface area contributed by atoms with Crippen molar-refractivity contribution in [3.63, 3.8) is 0 Å². The lowest BCUT2D eigenvalue weighted by Crippen LogP contribution is -2.40. The van der Waals surface area contributed by atoms with Crippen molar-refractivity contribution in [2.45, 2.75) is 25.6 Å². The second kappa shape index (κ2) is 6.27. The lowest BCUT2D eigenvalue weighted by molar-refractivity contribution is -0.187. The van der Waals surface area contributed by atoms with Gasteiger partial charge in [-0.05, 0) is 48.2 Å². The van der Waals surface area contributed by atoms with Gasteiger partial charge >= 0.3 is 12.1 Å². The maximum atomic E-state index is 13.1. The summed E-state index contributed by atoms with van der Waals surface area (Å²) in [7, 11) is 0. The Labute approximate surface area is 142 Å². The number of halogens is 3. The van der Waals surface area contributed by atoms with Crippen LogP contribution >= 0.6 is 0 Å². The zero-order valence-electron chi connectivity index (χ0n) is 13.3. The fourth-order valence-electron chi connectivity index (χ4n) is 2.82. The molecule has 0 unspecified atom stereocenters. The van der Waals surface area contributed by atoms with Crippen molar-refractivity contribution in [2.75, 3.05) is 0 Å². The first-order valence-electron chi connectivity index (χ1n) is 7.61. The van der Waals surface area contributed by atoms with Crippen LogP contribution in [0, 0.1) is 6.92 Å². The third-order valence-corrected chi connectivity index (χ3v) is 4.09. The molecule has 0 aliphatic carbocycles. The fraction of sp³-hybridized carbons (Fsp3) is 0.211. The molecule has 0 amide bonds. The number of fused-ring (bicyclic) bond motifs is 1. The molecule has 1 heterocycles. The average Bonchev–Trinajstić information content (AvgIpc) is 2.54. The minimum atomic E-state index is -4.80. The Bertz CT molecular complexity index is 839. The molecule has 6 heteroatoms. The molecule has 3 nitrogen and oxygen atoms in total. The Morgan fingerprint density at radius 3 is 2.48 bits per heavy atom. The largest absolute Gasteiger partial charge is 0.478 e. The standard InChI is InChI=1S/C19H15F3O3/c1-11-7-14-9-15(18(23)24)17(19(20,21)22)25-16(14)10-13(11)8-12-5-3-2-4-6-12/h2-7,9-10,17H,8H2,1H3,(H,23,24)/t17-/m0/s1. The summed E-state index contributed by atoms with van der Waals surface area (Å²) in [6.45, 7) is 1.84. The number of aryl methyl sites for hydroxylation is 1. The van der Waals surface area contributed by atoms with Crippen LogP contribution in [0.25, 0.3) is 6.08 Å². The zero-order valence-corrected chi connectivity index (χ0v) is 13.3. The van der Waals surface area contributed by atoms with Crippen LogP contribution in [0.3, 0.4) is 0 Å². The molecular weight excluding hydrogens is 333 g/mol. The molecule has 130 valence electrons. The molecule has 1 atom stereocenters. The van der Waals surface area contributed by atoms with E-state index in [9.17, 15) is 18.0 Å². The number of benzene rings is 2. The summed E-state index contributed by atoms with van der Waals surface area (Å²) in [5.41, 5.74) is 2.24. The minimum Gasteiger partial charge on any atom is -0.478 e. The van der Waals surface area contributed by atoms with Crippen molar-refractivity contribution in [2.24, 2.45) is 0 Å². The van der Waals surface area contributed by atoms with Crippen molar-refractivity contribution >= 4 is 12.0 Å². The molecule has 2 aromatic rings. The molecule has 0 fully saturated rings. The van der Waals surface area contributed by atoms with Crippen LogP contribution in [0.4, 0.5) is 13.2 Å². The molecular formula is C19H15F3O3. The Hall–Kier alpha value is -2.76. The SMILES string of the molecule is Cc1cc2c(cc1Cc1ccccc1)O[C@H](C(F)(F)F)C(C(=O)O)=C2. The van der Waals surface area contributed by atoms with Gasteiger partial charge in [-0.1, -0.05) is 30.3 Å². The highest BCUT2D eigenvalue weighted by atomic mass is 19.4. The fourth-order valence-corrected chi connectivity index (χ4v) is 2.82. The number of carboxylic acids is 1. The molecule has 0 saturated carbocycles. The summed E-state index contributed by atoms with van der Waals surface area (Å²) in [6, 6.07) is 12.7. The monoisotopic (exact) mass is 348 g/mol. The van der Waals surface area contributed by atoms with Crippen molar-refractivity contribution in [3.05, 3.63) is 70.3 Å². The lowest BCUT2D eigenvalue weighted by atomic mass is 9.94. The van der Waals surface area contributed by atoms with E-state index in [-0.39, 0.29) is 5.75 Å². The highest BCUT2D eigenvalue weighted by Crippen LogP contribution is 2.38. The van der Waals surface area contributed by atoms with E-state index in [0.717, 1.165) is 22.8 Å². The third-order valence-electron chi connectivity index (χ3n) is 4.09. The molecule has 3 rings (SSSR count). The maximum absolute atomic E-state index is 13.1. The van der Waals surface area contributed by atoms with Gasteiger partial charge in [-0.15, -0.1) is 0 Å². The number of hydrogen-bond acceptors (Lipinski definition) is 2. The predicted molar refractivity (Wildman–Crippen MR) is 86.5 cm³/mol. The number of hydrogen-bond donors (Lipinski definition) is 1. The van der Waals surface area contributed by atoms with E-state index >= 15 is 0 Å². The number of aliphatic carboxylic acids is 1. The smallest absolute Gasteiger partial charge is 0.430 e. The normalized spacial score (nSPS) is 16.6. The molecule has 0 aromatic heterocycles. The molecule has 25 heavy (non-hydrogen) atoms. The van der Waals surface area contributed by atoms with Gasteiger partial charge in [0.2, 0.25) is 6.10 Å². The summed E-state index contributed by atoms with van der Waals surface area (Å²) in [6.07, 6.45) is -5.68. The Morgan fingerprint density at radius 2 is 1.88 bits per heavy atom. The first-order chi connectivity index (χ1) is 11.8. The highest BCUT2D eigenvalue weighted by Gasteiger charge is 2.48. The predicted octanol–water partition coefficient (Wildman–Crippen LogP) is 4.38. The van der Waals surface area contributed by atoms with Crippen LogP contribution in [0.15, 0.2) is 48.0 Å². The summed E-state index contributed by atoms with van der Waals surface area (Å²) in [4.78, 5) is 11.2. The summed E-state index contributed by atoms with van der Waals surface area (Å²) in [5, 5.41) is 9.07. The molecule has 0 bridgehead atoms. The van der Waals surface area contributed by atoms with Gasteiger partial charge in [-0.25, -0.2) is 4.79 Å². The Morgan fingerprint density at radius 1 is 1.20 bits per heavy atom. The number of ether oxygens (including phenoxy) is 1. The van der Waals surface area contributed by atoms with Gasteiger partial charge in [0, 0.05) is 5.56 Å². The minimum absolute atomic E-state index is 0.0452. The lowest BCUT2D eigenvalue weighted by Gasteiger charge is -2.27. The van der Waals surface area contributed by atoms with E-state index in [0.29, 0.717) is 12.0 Å².